The molecule has 0 saturated heterocycles. The lowest BCUT2D eigenvalue weighted by Gasteiger charge is -2.18. The Balaban J connectivity index is 1.89. The summed E-state index contributed by atoms with van der Waals surface area (Å²) in [4.78, 5) is 11.4. The summed E-state index contributed by atoms with van der Waals surface area (Å²) in [6.07, 6.45) is 0.0209. The van der Waals surface area contributed by atoms with E-state index in [2.05, 4.69) is 10.1 Å². The first-order valence-corrected chi connectivity index (χ1v) is 8.70. The first kappa shape index (κ1) is 19.7. The molecule has 6 heteroatoms. The smallest absolute Gasteiger partial charge is 0.337 e. The highest BCUT2D eigenvalue weighted by molar-refractivity contribution is 6.42. The number of benzene rings is 2. The molecule has 2 N–H and O–H groups in total. The number of methoxy groups -OCH3 is 1. The summed E-state index contributed by atoms with van der Waals surface area (Å²) in [5, 5.41) is 14.4. The molecule has 0 heterocycles. The average Bonchev–Trinajstić information content (AvgIpc) is 2.62. The Labute approximate surface area is 157 Å². The van der Waals surface area contributed by atoms with Crippen LogP contribution in [0.5, 0.6) is 0 Å². The zero-order valence-corrected chi connectivity index (χ0v) is 15.6. The van der Waals surface area contributed by atoms with Gasteiger partial charge in [0, 0.05) is 18.2 Å². The standard InChI is InChI=1S/C19H21Cl2NO3/c1-12(10-13-6-8-14(9-7-13)19(24)25-2)22-11-17(23)15-4-3-5-16(20)18(15)21/h3-9,12,17,22-23H,10-11H2,1-2H3. The lowest BCUT2D eigenvalue weighted by atomic mass is 10.0. The van der Waals surface area contributed by atoms with Crippen LogP contribution in [0.15, 0.2) is 42.5 Å². The second kappa shape index (κ2) is 9.20. The number of rotatable bonds is 7. The van der Waals surface area contributed by atoms with E-state index >= 15 is 0 Å². The van der Waals surface area contributed by atoms with Crippen molar-refractivity contribution in [3.05, 3.63) is 69.2 Å². The van der Waals surface area contributed by atoms with Gasteiger partial charge >= 0.3 is 5.97 Å². The molecule has 2 aromatic rings. The summed E-state index contributed by atoms with van der Waals surface area (Å²) in [5.74, 6) is -0.348. The van der Waals surface area contributed by atoms with Gasteiger partial charge < -0.3 is 15.2 Å². The van der Waals surface area contributed by atoms with Crippen LogP contribution in [0.1, 0.15) is 34.5 Å². The molecule has 0 spiro atoms. The van der Waals surface area contributed by atoms with Crippen molar-refractivity contribution in [2.75, 3.05) is 13.7 Å². The fourth-order valence-corrected chi connectivity index (χ4v) is 2.95. The molecule has 0 aliphatic carbocycles. The summed E-state index contributed by atoms with van der Waals surface area (Å²) in [7, 11) is 1.36. The highest BCUT2D eigenvalue weighted by Crippen LogP contribution is 2.29. The van der Waals surface area contributed by atoms with Crippen LogP contribution >= 0.6 is 23.2 Å². The van der Waals surface area contributed by atoms with Crippen LogP contribution in [0.25, 0.3) is 0 Å². The van der Waals surface area contributed by atoms with E-state index in [1.54, 1.807) is 30.3 Å². The van der Waals surface area contributed by atoms with Crippen molar-refractivity contribution in [2.45, 2.75) is 25.5 Å². The zero-order valence-electron chi connectivity index (χ0n) is 14.1. The van der Waals surface area contributed by atoms with Crippen molar-refractivity contribution in [3.63, 3.8) is 0 Å². The Morgan fingerprint density at radius 3 is 2.52 bits per heavy atom. The van der Waals surface area contributed by atoms with Crippen molar-refractivity contribution in [3.8, 4) is 0 Å². The van der Waals surface area contributed by atoms with Gasteiger partial charge in [0.25, 0.3) is 0 Å². The third-order valence-electron chi connectivity index (χ3n) is 3.92. The first-order chi connectivity index (χ1) is 11.9. The minimum Gasteiger partial charge on any atom is -0.465 e. The highest BCUT2D eigenvalue weighted by atomic mass is 35.5. The van der Waals surface area contributed by atoms with Crippen LogP contribution in [0.2, 0.25) is 10.0 Å². The maximum Gasteiger partial charge on any atom is 0.337 e. The van der Waals surface area contributed by atoms with E-state index in [9.17, 15) is 9.90 Å². The number of carbonyl (C=O) groups excluding carboxylic acids is 1. The zero-order chi connectivity index (χ0) is 18.4. The largest absolute Gasteiger partial charge is 0.465 e. The van der Waals surface area contributed by atoms with Crippen molar-refractivity contribution in [1.29, 1.82) is 0 Å². The van der Waals surface area contributed by atoms with Gasteiger partial charge in [-0.2, -0.15) is 0 Å². The Kier molecular flexibility index (Phi) is 7.26. The SMILES string of the molecule is COC(=O)c1ccc(CC(C)NCC(O)c2cccc(Cl)c2Cl)cc1. The fraction of sp³-hybridized carbons (Fsp3) is 0.316. The molecule has 0 aromatic heterocycles. The van der Waals surface area contributed by atoms with Crippen LogP contribution in [0, 0.1) is 0 Å². The van der Waals surface area contributed by atoms with E-state index in [4.69, 9.17) is 23.2 Å². The minimum atomic E-state index is -0.740. The van der Waals surface area contributed by atoms with E-state index < -0.39 is 6.10 Å². The Hall–Kier alpha value is -1.59. The third-order valence-corrected chi connectivity index (χ3v) is 4.75. The van der Waals surface area contributed by atoms with Crippen molar-refractivity contribution < 1.29 is 14.6 Å². The Morgan fingerprint density at radius 1 is 1.20 bits per heavy atom. The predicted octanol–water partition coefficient (Wildman–Crippen LogP) is 4.03. The molecule has 0 saturated carbocycles. The molecule has 0 fully saturated rings. The second-order valence-electron chi connectivity index (χ2n) is 5.86. The summed E-state index contributed by atoms with van der Waals surface area (Å²) < 4.78 is 4.68. The van der Waals surface area contributed by atoms with Gasteiger partial charge in [-0.25, -0.2) is 4.79 Å². The van der Waals surface area contributed by atoms with Crippen molar-refractivity contribution >= 4 is 29.2 Å². The molecule has 0 radical (unpaired) electrons. The lowest BCUT2D eigenvalue weighted by Crippen LogP contribution is -2.32. The molecule has 4 nitrogen and oxygen atoms in total. The molecule has 25 heavy (non-hydrogen) atoms. The summed E-state index contributed by atoms with van der Waals surface area (Å²) in [6.45, 7) is 2.39. The molecular formula is C19H21Cl2NO3. The van der Waals surface area contributed by atoms with E-state index in [1.165, 1.54) is 7.11 Å². The molecule has 0 bridgehead atoms. The number of aliphatic hydroxyl groups is 1. The van der Waals surface area contributed by atoms with E-state index in [0.717, 1.165) is 12.0 Å². The number of carbonyl (C=O) groups is 1. The molecule has 2 unspecified atom stereocenters. The quantitative estimate of drug-likeness (QED) is 0.710. The topological polar surface area (TPSA) is 58.6 Å². The summed E-state index contributed by atoms with van der Waals surface area (Å²) in [5.41, 5.74) is 2.22. The molecule has 0 aliphatic rings. The van der Waals surface area contributed by atoms with Gasteiger partial charge in [-0.1, -0.05) is 47.5 Å². The third kappa shape index (κ3) is 5.44. The van der Waals surface area contributed by atoms with Crippen LogP contribution in [0.3, 0.4) is 0 Å². The lowest BCUT2D eigenvalue weighted by molar-refractivity contribution is 0.0600. The van der Waals surface area contributed by atoms with Crippen molar-refractivity contribution in [1.82, 2.24) is 5.32 Å². The van der Waals surface area contributed by atoms with E-state index in [1.807, 2.05) is 19.1 Å². The van der Waals surface area contributed by atoms with Crippen molar-refractivity contribution in [2.24, 2.45) is 0 Å². The fourth-order valence-electron chi connectivity index (χ4n) is 2.52. The van der Waals surface area contributed by atoms with E-state index in [0.29, 0.717) is 27.7 Å². The van der Waals surface area contributed by atoms with Gasteiger partial charge in [0.2, 0.25) is 0 Å². The minimum absolute atomic E-state index is 0.136. The predicted molar refractivity (Wildman–Crippen MR) is 100 cm³/mol. The molecule has 2 aromatic carbocycles. The van der Waals surface area contributed by atoms with Gasteiger partial charge in [-0.3, -0.25) is 0 Å². The summed E-state index contributed by atoms with van der Waals surface area (Å²) in [6, 6.07) is 12.6. The number of aliphatic hydroxyl groups excluding tert-OH is 1. The van der Waals surface area contributed by atoms with Crippen LogP contribution in [0.4, 0.5) is 0 Å². The maximum absolute atomic E-state index is 11.4. The molecule has 134 valence electrons. The first-order valence-electron chi connectivity index (χ1n) is 7.95. The number of nitrogens with one attached hydrogen (secondary N) is 1. The number of halogens is 2. The normalized spacial score (nSPS) is 13.3. The monoisotopic (exact) mass is 381 g/mol. The maximum atomic E-state index is 11.4. The molecule has 2 rings (SSSR count). The molecule has 2 atom stereocenters. The Bertz CT molecular complexity index is 719. The number of hydrogen-bond acceptors (Lipinski definition) is 4. The molecule has 0 aliphatic heterocycles. The molecule has 0 amide bonds. The van der Waals surface area contributed by atoms with Crippen LogP contribution in [-0.2, 0) is 11.2 Å². The highest BCUT2D eigenvalue weighted by Gasteiger charge is 2.15. The van der Waals surface area contributed by atoms with Gasteiger partial charge in [0.05, 0.1) is 28.8 Å². The Morgan fingerprint density at radius 2 is 1.88 bits per heavy atom. The second-order valence-corrected chi connectivity index (χ2v) is 6.65. The number of esters is 1. The van der Waals surface area contributed by atoms with Gasteiger partial charge in [-0.15, -0.1) is 0 Å². The molecular weight excluding hydrogens is 361 g/mol. The number of ether oxygens (including phenoxy) is 1. The van der Waals surface area contributed by atoms with Crippen LogP contribution in [-0.4, -0.2) is 30.8 Å². The summed E-state index contributed by atoms with van der Waals surface area (Å²) >= 11 is 12.1. The van der Waals surface area contributed by atoms with E-state index in [-0.39, 0.29) is 12.0 Å². The van der Waals surface area contributed by atoms with Gasteiger partial charge in [0.1, 0.15) is 0 Å². The van der Waals surface area contributed by atoms with Gasteiger partial charge in [0.15, 0.2) is 0 Å². The average molecular weight is 382 g/mol. The number of hydrogen-bond donors (Lipinski definition) is 2. The van der Waals surface area contributed by atoms with Gasteiger partial charge in [-0.05, 0) is 37.1 Å². The van der Waals surface area contributed by atoms with Crippen LogP contribution < -0.4 is 5.32 Å².